The van der Waals surface area contributed by atoms with Gasteiger partial charge in [-0.05, 0) is 0 Å². The van der Waals surface area contributed by atoms with Gasteiger partial charge in [0.1, 0.15) is 0 Å². The summed E-state index contributed by atoms with van der Waals surface area (Å²) in [6.45, 7) is 5.54. The van der Waals surface area contributed by atoms with Gasteiger partial charge in [-0.25, -0.2) is 0 Å². The van der Waals surface area contributed by atoms with Crippen molar-refractivity contribution in [2.24, 2.45) is 0 Å². The van der Waals surface area contributed by atoms with Crippen LogP contribution in [0.15, 0.2) is 0 Å². The number of rotatable bonds is 1. The van der Waals surface area contributed by atoms with Crippen molar-refractivity contribution in [2.75, 3.05) is 0 Å². The maximum Gasteiger partial charge on any atom is 0 e. The van der Waals surface area contributed by atoms with Crippen molar-refractivity contribution in [1.29, 1.82) is 0 Å². The zero-order valence-corrected chi connectivity index (χ0v) is 6.41. The zero-order chi connectivity index (χ0) is 3.41. The molecule has 0 fully saturated rings. The molecule has 0 spiro atoms. The van der Waals surface area contributed by atoms with Gasteiger partial charge in [0, 0.05) is 32.7 Å². The number of hydrogen-bond donors (Lipinski definition) is 0. The van der Waals surface area contributed by atoms with Crippen molar-refractivity contribution < 1.29 is 32.7 Å². The van der Waals surface area contributed by atoms with Gasteiger partial charge in [-0.2, -0.15) is 6.92 Å². The summed E-state index contributed by atoms with van der Waals surface area (Å²) in [6, 6.07) is 0. The molecule has 0 bridgehead atoms. The van der Waals surface area contributed by atoms with E-state index < -0.39 is 0 Å². The largest absolute Gasteiger partial charge is 0.372 e. The fourth-order valence-corrected chi connectivity index (χ4v) is 0. The zero-order valence-electron chi connectivity index (χ0n) is 3.57. The monoisotopic (exact) mass is 177 g/mol. The first kappa shape index (κ1) is 24.3. The van der Waals surface area contributed by atoms with E-state index in [2.05, 4.69) is 6.92 Å². The molecule has 0 aliphatic carbocycles. The van der Waals surface area contributed by atoms with Gasteiger partial charge in [-0.1, -0.05) is 14.9 Å². The molecule has 0 unspecified atom stereocenters. The van der Waals surface area contributed by atoms with Gasteiger partial charge < -0.3 is 19.8 Å². The van der Waals surface area contributed by atoms with E-state index in [0.717, 1.165) is 6.42 Å². The van der Waals surface area contributed by atoms with E-state index in [9.17, 15) is 0 Å². The summed E-state index contributed by atoms with van der Waals surface area (Å²) in [6.07, 6.45) is 2.96. The third-order valence-electron chi connectivity index (χ3n) is 0.289. The summed E-state index contributed by atoms with van der Waals surface area (Å²) >= 11 is 0. The van der Waals surface area contributed by atoms with E-state index in [1.165, 1.54) is 0 Å². The van der Waals surface area contributed by atoms with E-state index in [1.807, 2.05) is 13.3 Å². The Morgan fingerprint density at radius 1 is 1.43 bits per heavy atom. The predicted octanol–water partition coefficient (Wildman–Crippen LogP) is 2.70. The summed E-state index contributed by atoms with van der Waals surface area (Å²) < 4.78 is 0. The van der Waals surface area contributed by atoms with Gasteiger partial charge >= 0.3 is 0 Å². The molecular weight excluding hydrogens is 161 g/mol. The molecule has 0 saturated heterocycles. The van der Waals surface area contributed by atoms with E-state index >= 15 is 0 Å². The van der Waals surface area contributed by atoms with Crippen LogP contribution in [0.3, 0.4) is 0 Å². The maximum absolute atomic E-state index is 3.55. The van der Waals surface area contributed by atoms with Crippen LogP contribution in [0.5, 0.6) is 0 Å². The van der Waals surface area contributed by atoms with Gasteiger partial charge in [0.2, 0.25) is 0 Å². The predicted molar refractivity (Wildman–Crippen MR) is 33.4 cm³/mol. The van der Waals surface area contributed by atoms with Gasteiger partial charge in [0.05, 0.1) is 0 Å². The van der Waals surface area contributed by atoms with Crippen molar-refractivity contribution in [3.8, 4) is 0 Å². The van der Waals surface area contributed by atoms with E-state index in [0.29, 0.717) is 0 Å². The van der Waals surface area contributed by atoms with Gasteiger partial charge in [-0.3, -0.25) is 0 Å². The second-order valence-corrected chi connectivity index (χ2v) is 0.697. The van der Waals surface area contributed by atoms with Crippen LogP contribution in [-0.4, -0.2) is 0 Å². The molecule has 0 rings (SSSR count). The van der Waals surface area contributed by atoms with Gasteiger partial charge in [0.25, 0.3) is 0 Å². The Hall–Kier alpha value is 1.10. The molecule has 7 heavy (non-hydrogen) atoms. The Morgan fingerprint density at radius 2 is 1.57 bits per heavy atom. The van der Waals surface area contributed by atoms with Crippen molar-refractivity contribution in [3.05, 3.63) is 13.3 Å². The average molecular weight is 177 g/mol. The molecule has 1 radical (unpaired) electrons. The third-order valence-corrected chi connectivity index (χ3v) is 0.289. The Morgan fingerprint density at radius 3 is 1.57 bits per heavy atom. The maximum atomic E-state index is 3.55. The van der Waals surface area contributed by atoms with Crippen LogP contribution in [0, 0.1) is 13.3 Å². The van der Waals surface area contributed by atoms with E-state index in [1.54, 1.807) is 0 Å². The van der Waals surface area contributed by atoms with Crippen LogP contribution < -0.4 is 0 Å². The molecule has 0 atom stereocenters. The minimum atomic E-state index is 0. The quantitative estimate of drug-likeness (QED) is 0.540. The first-order valence-electron chi connectivity index (χ1n) is 1.49. The molecule has 45 valence electrons. The molecule has 0 heterocycles. The molecule has 0 aromatic heterocycles. The molecular formula is C6H16Y-2. The minimum Gasteiger partial charge on any atom is -0.372 e. The van der Waals surface area contributed by atoms with Crippen LogP contribution in [-0.2, 0) is 32.7 Å². The summed E-state index contributed by atoms with van der Waals surface area (Å²) in [7, 11) is 0. The minimum absolute atomic E-state index is 0. The summed E-state index contributed by atoms with van der Waals surface area (Å²) in [5.74, 6) is 0. The first-order valence-corrected chi connectivity index (χ1v) is 1.49. The molecule has 0 aromatic rings. The first-order chi connectivity index (χ1) is 1.91. The molecule has 0 N–H and O–H groups in total. The second kappa shape index (κ2) is 27.5. The normalized spacial score (nSPS) is 4.29. The van der Waals surface area contributed by atoms with E-state index in [-0.39, 0.29) is 47.6 Å². The second-order valence-electron chi connectivity index (χ2n) is 0.697. The van der Waals surface area contributed by atoms with Crippen LogP contribution in [0.2, 0.25) is 0 Å². The number of unbranched alkanes of at least 4 members (excludes halogenated alkanes) is 1. The average Bonchev–Trinajstić information content (AvgIpc) is 1.37. The van der Waals surface area contributed by atoms with Crippen LogP contribution in [0.1, 0.15) is 28.2 Å². The van der Waals surface area contributed by atoms with Gasteiger partial charge in [0.15, 0.2) is 0 Å². The smallest absolute Gasteiger partial charge is 0 e. The van der Waals surface area contributed by atoms with Crippen LogP contribution >= 0.6 is 0 Å². The Labute approximate surface area is 74.0 Å². The SMILES string of the molecule is C.C.[CH2-]C[CH-]C.[Y]. The Bertz CT molecular complexity index is 6.14. The molecule has 0 amide bonds. The summed E-state index contributed by atoms with van der Waals surface area (Å²) in [4.78, 5) is 0. The molecule has 0 nitrogen and oxygen atoms in total. The summed E-state index contributed by atoms with van der Waals surface area (Å²) in [5.41, 5.74) is 0. The van der Waals surface area contributed by atoms with Crippen molar-refractivity contribution in [1.82, 2.24) is 0 Å². The standard InChI is InChI=1S/C4H8.2CH4.Y/c1-3-4-2;;;/h4H,1,3H2,2H3;2*1H4;/q-2;;;. The molecule has 0 aliphatic heterocycles. The van der Waals surface area contributed by atoms with Crippen molar-refractivity contribution in [3.63, 3.8) is 0 Å². The van der Waals surface area contributed by atoms with Crippen LogP contribution in [0.25, 0.3) is 0 Å². The Balaban J connectivity index is -0.0000000150. The Kier molecular flexibility index (Phi) is 95.3. The van der Waals surface area contributed by atoms with Crippen molar-refractivity contribution in [2.45, 2.75) is 28.2 Å². The molecule has 0 aliphatic rings. The molecule has 1 heteroatoms. The fraction of sp³-hybridized carbons (Fsp3) is 0.667. The fourth-order valence-electron chi connectivity index (χ4n) is 0. The van der Waals surface area contributed by atoms with Crippen molar-refractivity contribution >= 4 is 0 Å². The molecule has 0 aromatic carbocycles. The third kappa shape index (κ3) is 41.8. The van der Waals surface area contributed by atoms with Gasteiger partial charge in [-0.15, -0.1) is 0 Å². The number of hydrogen-bond acceptors (Lipinski definition) is 0. The summed E-state index contributed by atoms with van der Waals surface area (Å²) in [5, 5.41) is 0. The van der Waals surface area contributed by atoms with E-state index in [4.69, 9.17) is 0 Å². The van der Waals surface area contributed by atoms with Crippen LogP contribution in [0.4, 0.5) is 0 Å². The molecule has 0 saturated carbocycles. The topological polar surface area (TPSA) is 0 Å².